The van der Waals surface area contributed by atoms with Crippen molar-refractivity contribution in [1.29, 1.82) is 0 Å². The van der Waals surface area contributed by atoms with Gasteiger partial charge in [-0.05, 0) is 76.3 Å². The fourth-order valence-corrected chi connectivity index (χ4v) is 3.43. The molecule has 0 fully saturated rings. The number of carbonyl (C=O) groups is 1. The van der Waals surface area contributed by atoms with Crippen molar-refractivity contribution in [3.05, 3.63) is 41.2 Å². The fourth-order valence-electron chi connectivity index (χ4n) is 3.43. The Morgan fingerprint density at radius 2 is 2.00 bits per heavy atom. The molecule has 0 radical (unpaired) electrons. The molecule has 26 heavy (non-hydrogen) atoms. The molecule has 0 bridgehead atoms. The predicted octanol–water partition coefficient (Wildman–Crippen LogP) is 3.29. The summed E-state index contributed by atoms with van der Waals surface area (Å²) in [5, 5.41) is 3.03. The van der Waals surface area contributed by atoms with Gasteiger partial charge in [-0.1, -0.05) is 0 Å². The van der Waals surface area contributed by atoms with Crippen LogP contribution in [0.3, 0.4) is 0 Å². The highest BCUT2D eigenvalue weighted by molar-refractivity contribution is 5.82. The molecule has 1 aliphatic rings. The number of likely N-dealkylation sites (N-methyl/N-ethyl adjacent to an activating group) is 1. The van der Waals surface area contributed by atoms with Crippen LogP contribution in [0.2, 0.25) is 0 Å². The number of nitrogens with zero attached hydrogens (tertiary/aromatic N) is 3. The molecule has 1 amide bonds. The molecule has 0 unspecified atom stereocenters. The fraction of sp³-hybridized carbons (Fsp3) is 0.476. The Labute approximate surface area is 155 Å². The van der Waals surface area contributed by atoms with Crippen molar-refractivity contribution in [3.63, 3.8) is 0 Å². The quantitative estimate of drug-likeness (QED) is 0.917. The molecule has 0 aliphatic heterocycles. The number of aromatic nitrogens is 2. The third-order valence-electron chi connectivity index (χ3n) is 4.51. The number of rotatable bonds is 4. The first kappa shape index (κ1) is 18.4. The van der Waals surface area contributed by atoms with E-state index >= 15 is 0 Å². The minimum atomic E-state index is -0.227. The molecule has 0 saturated carbocycles. The van der Waals surface area contributed by atoms with E-state index in [1.54, 1.807) is 0 Å². The Bertz CT molecular complexity index is 823. The highest BCUT2D eigenvalue weighted by Gasteiger charge is 2.23. The molecule has 3 rings (SSSR count). The summed E-state index contributed by atoms with van der Waals surface area (Å²) in [6.07, 6.45) is 4.94. The summed E-state index contributed by atoms with van der Waals surface area (Å²) in [7, 11) is 1.98. The minimum absolute atomic E-state index is 0.0267. The van der Waals surface area contributed by atoms with Crippen molar-refractivity contribution in [3.8, 4) is 11.4 Å². The molecule has 5 nitrogen and oxygen atoms in total. The molecule has 0 spiro atoms. The van der Waals surface area contributed by atoms with Crippen LogP contribution >= 0.6 is 0 Å². The second kappa shape index (κ2) is 7.06. The van der Waals surface area contributed by atoms with Crippen LogP contribution in [0.15, 0.2) is 24.4 Å². The van der Waals surface area contributed by atoms with Gasteiger partial charge < -0.3 is 10.2 Å². The maximum Gasteiger partial charge on any atom is 0.239 e. The van der Waals surface area contributed by atoms with E-state index in [2.05, 4.69) is 29.4 Å². The van der Waals surface area contributed by atoms with Gasteiger partial charge in [-0.15, -0.1) is 0 Å². The summed E-state index contributed by atoms with van der Waals surface area (Å²) in [6.45, 7) is 8.38. The molecule has 1 aliphatic carbocycles. The Kier molecular flexibility index (Phi) is 4.99. The van der Waals surface area contributed by atoms with Crippen LogP contribution < -0.4 is 10.2 Å². The van der Waals surface area contributed by atoms with Gasteiger partial charge in [0.2, 0.25) is 5.91 Å². The van der Waals surface area contributed by atoms with E-state index in [0.717, 1.165) is 47.6 Å². The van der Waals surface area contributed by atoms with Crippen LogP contribution in [0.25, 0.3) is 11.4 Å². The monoisotopic (exact) mass is 352 g/mol. The molecule has 0 atom stereocenters. The predicted molar refractivity (Wildman–Crippen MR) is 105 cm³/mol. The molecule has 2 heterocycles. The van der Waals surface area contributed by atoms with Gasteiger partial charge in [0, 0.05) is 30.2 Å². The van der Waals surface area contributed by atoms with Gasteiger partial charge in [-0.25, -0.2) is 0 Å². The van der Waals surface area contributed by atoms with Gasteiger partial charge >= 0.3 is 0 Å². The van der Waals surface area contributed by atoms with Crippen molar-refractivity contribution in [2.45, 2.75) is 52.5 Å². The maximum absolute atomic E-state index is 12.4. The lowest BCUT2D eigenvalue weighted by Crippen LogP contribution is -2.45. The number of carbonyl (C=O) groups excluding carboxylic acids is 1. The number of aryl methyl sites for hydroxylation is 2. The third kappa shape index (κ3) is 4.21. The largest absolute Gasteiger partial charge is 0.365 e. The number of nitrogens with one attached hydrogen (secondary N) is 1. The number of hydrogen-bond donors (Lipinski definition) is 1. The van der Waals surface area contributed by atoms with E-state index in [9.17, 15) is 4.79 Å². The number of anilines is 1. The van der Waals surface area contributed by atoms with Crippen LogP contribution in [0.5, 0.6) is 0 Å². The average Bonchev–Trinajstić information content (AvgIpc) is 3.00. The lowest BCUT2D eigenvalue weighted by atomic mass is 10.1. The molecule has 0 aromatic carbocycles. The third-order valence-corrected chi connectivity index (χ3v) is 4.51. The zero-order chi connectivity index (χ0) is 18.9. The summed E-state index contributed by atoms with van der Waals surface area (Å²) < 4.78 is 0. The first-order valence-electron chi connectivity index (χ1n) is 9.21. The summed E-state index contributed by atoms with van der Waals surface area (Å²) in [4.78, 5) is 23.7. The average molecular weight is 352 g/mol. The molecular formula is C21H28N4O. The highest BCUT2D eigenvalue weighted by Crippen LogP contribution is 2.33. The molecule has 0 saturated heterocycles. The normalized spacial score (nSPS) is 13.4. The number of pyridine rings is 2. The van der Waals surface area contributed by atoms with Gasteiger partial charge in [0.15, 0.2) is 0 Å². The lowest BCUT2D eigenvalue weighted by Gasteiger charge is -2.26. The second-order valence-corrected chi connectivity index (χ2v) is 8.18. The number of amides is 1. The Morgan fingerprint density at radius 1 is 1.23 bits per heavy atom. The summed E-state index contributed by atoms with van der Waals surface area (Å²) >= 11 is 0. The number of hydrogen-bond acceptors (Lipinski definition) is 4. The first-order valence-corrected chi connectivity index (χ1v) is 9.21. The second-order valence-electron chi connectivity index (χ2n) is 8.18. The van der Waals surface area contributed by atoms with E-state index in [1.807, 2.05) is 45.0 Å². The SMILES string of the molecule is Cc1ccnc(-c2cc(N(C)CC(=O)NC(C)(C)C)c3c(n2)CCC3)c1. The molecule has 5 heteroatoms. The minimum Gasteiger partial charge on any atom is -0.365 e. The van der Waals surface area contributed by atoms with E-state index in [0.29, 0.717) is 6.54 Å². The zero-order valence-electron chi connectivity index (χ0n) is 16.4. The van der Waals surface area contributed by atoms with Gasteiger partial charge in [0.25, 0.3) is 0 Å². The lowest BCUT2D eigenvalue weighted by molar-refractivity contribution is -0.121. The van der Waals surface area contributed by atoms with Crippen molar-refractivity contribution in [1.82, 2.24) is 15.3 Å². The Hall–Kier alpha value is -2.43. The smallest absolute Gasteiger partial charge is 0.239 e. The van der Waals surface area contributed by atoms with Crippen molar-refractivity contribution in [2.75, 3.05) is 18.5 Å². The molecule has 2 aromatic heterocycles. The van der Waals surface area contributed by atoms with Gasteiger partial charge in [-0.3, -0.25) is 14.8 Å². The van der Waals surface area contributed by atoms with Crippen LogP contribution in [0.1, 0.15) is 44.0 Å². The van der Waals surface area contributed by atoms with Crippen LogP contribution in [-0.4, -0.2) is 35.0 Å². The summed E-state index contributed by atoms with van der Waals surface area (Å²) in [5.74, 6) is 0.0267. The standard InChI is InChI=1S/C21H28N4O/c1-14-9-10-22-17(11-14)18-12-19(15-7-6-8-16(15)23-18)25(5)13-20(26)24-21(2,3)4/h9-12H,6-8,13H2,1-5H3,(H,24,26). The molecule has 2 aromatic rings. The topological polar surface area (TPSA) is 58.1 Å². The first-order chi connectivity index (χ1) is 12.2. The van der Waals surface area contributed by atoms with Crippen LogP contribution in [0.4, 0.5) is 5.69 Å². The molecular weight excluding hydrogens is 324 g/mol. The van der Waals surface area contributed by atoms with Gasteiger partial charge in [0.05, 0.1) is 17.9 Å². The van der Waals surface area contributed by atoms with E-state index in [1.165, 1.54) is 5.56 Å². The van der Waals surface area contributed by atoms with E-state index in [-0.39, 0.29) is 11.4 Å². The van der Waals surface area contributed by atoms with Crippen LogP contribution in [0, 0.1) is 6.92 Å². The van der Waals surface area contributed by atoms with E-state index in [4.69, 9.17) is 4.98 Å². The summed E-state index contributed by atoms with van der Waals surface area (Å²) in [6, 6.07) is 6.12. The number of fused-ring (bicyclic) bond motifs is 1. The van der Waals surface area contributed by atoms with Gasteiger partial charge in [0.1, 0.15) is 0 Å². The maximum atomic E-state index is 12.4. The van der Waals surface area contributed by atoms with Crippen molar-refractivity contribution >= 4 is 11.6 Å². The van der Waals surface area contributed by atoms with Gasteiger partial charge in [-0.2, -0.15) is 0 Å². The van der Waals surface area contributed by atoms with Crippen LogP contribution in [-0.2, 0) is 17.6 Å². The molecule has 138 valence electrons. The Balaban J connectivity index is 1.92. The Morgan fingerprint density at radius 3 is 2.69 bits per heavy atom. The van der Waals surface area contributed by atoms with Crippen molar-refractivity contribution in [2.24, 2.45) is 0 Å². The van der Waals surface area contributed by atoms with E-state index < -0.39 is 0 Å². The zero-order valence-corrected chi connectivity index (χ0v) is 16.4. The molecule has 1 N–H and O–H groups in total. The summed E-state index contributed by atoms with van der Waals surface area (Å²) in [5.41, 5.74) is 6.21. The van der Waals surface area contributed by atoms with Crippen molar-refractivity contribution < 1.29 is 4.79 Å². The highest BCUT2D eigenvalue weighted by atomic mass is 16.2.